The fraction of sp³-hybridized carbons (Fsp3) is 0.0769. The highest BCUT2D eigenvalue weighted by atomic mass is 79.9. The van der Waals surface area contributed by atoms with E-state index < -0.39 is 0 Å². The summed E-state index contributed by atoms with van der Waals surface area (Å²) < 4.78 is 0.948. The molecule has 19 heavy (non-hydrogen) atoms. The van der Waals surface area contributed by atoms with Gasteiger partial charge in [0.15, 0.2) is 0 Å². The van der Waals surface area contributed by atoms with Gasteiger partial charge >= 0.3 is 0 Å². The lowest BCUT2D eigenvalue weighted by Gasteiger charge is -2.07. The summed E-state index contributed by atoms with van der Waals surface area (Å²) in [6.45, 7) is 0.419. The normalized spacial score (nSPS) is 10.2. The topological polar surface area (TPSA) is 68.0 Å². The van der Waals surface area contributed by atoms with Gasteiger partial charge in [0.1, 0.15) is 5.82 Å². The smallest absolute Gasteiger partial charge is 0.253 e. The summed E-state index contributed by atoms with van der Waals surface area (Å²) in [5, 5.41) is 3.07. The van der Waals surface area contributed by atoms with E-state index in [9.17, 15) is 4.79 Å². The van der Waals surface area contributed by atoms with Crippen molar-refractivity contribution in [2.24, 2.45) is 0 Å². The fourth-order valence-electron chi connectivity index (χ4n) is 1.49. The molecule has 0 aliphatic heterocycles. The summed E-state index contributed by atoms with van der Waals surface area (Å²) in [4.78, 5) is 15.8. The standard InChI is InChI=1S/C13H11BrClN3O/c14-10-4-2-1-3-8(10)6-18-13(19)9-5-11(15)12(16)17-7-9/h1-5,7H,6H2,(H2,16,17)(H,18,19). The number of hydrogen-bond donors (Lipinski definition) is 2. The van der Waals surface area contributed by atoms with Crippen LogP contribution in [0, 0.1) is 0 Å². The Morgan fingerprint density at radius 3 is 2.84 bits per heavy atom. The number of pyridine rings is 1. The first-order valence-electron chi connectivity index (χ1n) is 5.50. The molecular weight excluding hydrogens is 330 g/mol. The van der Waals surface area contributed by atoms with E-state index in [-0.39, 0.29) is 16.7 Å². The van der Waals surface area contributed by atoms with Crippen molar-refractivity contribution in [1.29, 1.82) is 0 Å². The number of amides is 1. The summed E-state index contributed by atoms with van der Waals surface area (Å²) in [7, 11) is 0. The number of nitrogens with zero attached hydrogens (tertiary/aromatic N) is 1. The molecule has 0 aliphatic carbocycles. The molecule has 0 spiro atoms. The van der Waals surface area contributed by atoms with E-state index in [4.69, 9.17) is 17.3 Å². The zero-order valence-corrected chi connectivity index (χ0v) is 12.2. The van der Waals surface area contributed by atoms with E-state index >= 15 is 0 Å². The molecule has 0 fully saturated rings. The number of anilines is 1. The largest absolute Gasteiger partial charge is 0.382 e. The van der Waals surface area contributed by atoms with Gasteiger partial charge in [-0.3, -0.25) is 4.79 Å². The fourth-order valence-corrected chi connectivity index (χ4v) is 2.08. The van der Waals surface area contributed by atoms with Gasteiger partial charge in [-0.25, -0.2) is 4.98 Å². The Labute approximate surface area is 124 Å². The van der Waals surface area contributed by atoms with Crippen molar-refractivity contribution in [1.82, 2.24) is 10.3 Å². The number of carbonyl (C=O) groups excluding carboxylic acids is 1. The average Bonchev–Trinajstić information content (AvgIpc) is 2.40. The van der Waals surface area contributed by atoms with E-state index in [2.05, 4.69) is 26.2 Å². The number of nitrogen functional groups attached to an aromatic ring is 1. The van der Waals surface area contributed by atoms with Crippen molar-refractivity contribution < 1.29 is 4.79 Å². The lowest BCUT2D eigenvalue weighted by Crippen LogP contribution is -2.23. The van der Waals surface area contributed by atoms with Gasteiger partial charge in [0.2, 0.25) is 0 Å². The van der Waals surface area contributed by atoms with E-state index in [0.717, 1.165) is 10.0 Å². The van der Waals surface area contributed by atoms with Crippen LogP contribution in [0.5, 0.6) is 0 Å². The minimum atomic E-state index is -0.245. The van der Waals surface area contributed by atoms with E-state index in [1.54, 1.807) is 0 Å². The maximum Gasteiger partial charge on any atom is 0.253 e. The first-order chi connectivity index (χ1) is 9.08. The van der Waals surface area contributed by atoms with Crippen LogP contribution in [0.2, 0.25) is 5.02 Å². The SMILES string of the molecule is Nc1ncc(C(=O)NCc2ccccc2Br)cc1Cl. The Balaban J connectivity index is 2.05. The highest BCUT2D eigenvalue weighted by molar-refractivity contribution is 9.10. The molecule has 0 radical (unpaired) electrons. The maximum atomic E-state index is 11.9. The molecule has 0 aliphatic rings. The van der Waals surface area contributed by atoms with Gasteiger partial charge in [-0.05, 0) is 17.7 Å². The second-order valence-electron chi connectivity index (χ2n) is 3.87. The summed E-state index contributed by atoms with van der Waals surface area (Å²) >= 11 is 9.25. The number of carbonyl (C=O) groups is 1. The molecule has 1 amide bonds. The van der Waals surface area contributed by atoms with Gasteiger partial charge < -0.3 is 11.1 Å². The lowest BCUT2D eigenvalue weighted by molar-refractivity contribution is 0.0950. The van der Waals surface area contributed by atoms with Crippen molar-refractivity contribution in [3.63, 3.8) is 0 Å². The molecule has 1 aromatic carbocycles. The van der Waals surface area contributed by atoms with Crippen LogP contribution in [0.1, 0.15) is 15.9 Å². The first kappa shape index (κ1) is 13.8. The Morgan fingerprint density at radius 1 is 1.42 bits per heavy atom. The average molecular weight is 341 g/mol. The molecule has 1 heterocycles. The number of halogens is 2. The minimum absolute atomic E-state index is 0.212. The second-order valence-corrected chi connectivity index (χ2v) is 5.13. The summed E-state index contributed by atoms with van der Waals surface area (Å²) in [5.74, 6) is -0.0332. The summed E-state index contributed by atoms with van der Waals surface area (Å²) in [6, 6.07) is 9.17. The van der Waals surface area contributed by atoms with Crippen LogP contribution in [-0.4, -0.2) is 10.9 Å². The Kier molecular flexibility index (Phi) is 4.39. The summed E-state index contributed by atoms with van der Waals surface area (Å²) in [5.41, 5.74) is 6.86. The molecule has 3 N–H and O–H groups in total. The molecule has 2 rings (SSSR count). The van der Waals surface area contributed by atoms with Gasteiger partial charge in [0.25, 0.3) is 5.91 Å². The van der Waals surface area contributed by atoms with E-state index in [1.165, 1.54) is 12.3 Å². The molecule has 0 saturated carbocycles. The van der Waals surface area contributed by atoms with Crippen molar-refractivity contribution >= 4 is 39.3 Å². The predicted molar refractivity (Wildman–Crippen MR) is 79.0 cm³/mol. The number of aromatic nitrogens is 1. The van der Waals surface area contributed by atoms with Crippen LogP contribution in [0.15, 0.2) is 41.0 Å². The Hall–Kier alpha value is -1.59. The number of hydrogen-bond acceptors (Lipinski definition) is 3. The molecule has 0 unspecified atom stereocenters. The van der Waals surface area contributed by atoms with Crippen LogP contribution in [-0.2, 0) is 6.54 Å². The van der Waals surface area contributed by atoms with Crippen molar-refractivity contribution in [2.75, 3.05) is 5.73 Å². The van der Waals surface area contributed by atoms with Gasteiger partial charge in [-0.2, -0.15) is 0 Å². The number of nitrogens with two attached hydrogens (primary N) is 1. The zero-order chi connectivity index (χ0) is 13.8. The quantitative estimate of drug-likeness (QED) is 0.902. The number of rotatable bonds is 3. The van der Waals surface area contributed by atoms with E-state index in [0.29, 0.717) is 12.1 Å². The summed E-state index contributed by atoms with van der Waals surface area (Å²) in [6.07, 6.45) is 1.40. The van der Waals surface area contributed by atoms with Crippen LogP contribution in [0.3, 0.4) is 0 Å². The van der Waals surface area contributed by atoms with Crippen LogP contribution < -0.4 is 11.1 Å². The molecule has 2 aromatic rings. The van der Waals surface area contributed by atoms with E-state index in [1.807, 2.05) is 24.3 Å². The van der Waals surface area contributed by atoms with Crippen molar-refractivity contribution in [3.05, 3.63) is 57.2 Å². The molecule has 0 saturated heterocycles. The molecule has 0 bridgehead atoms. The first-order valence-corrected chi connectivity index (χ1v) is 6.67. The molecule has 0 atom stereocenters. The third kappa shape index (κ3) is 3.45. The van der Waals surface area contributed by atoms with Crippen LogP contribution >= 0.6 is 27.5 Å². The second kappa shape index (κ2) is 6.04. The van der Waals surface area contributed by atoms with Crippen molar-refractivity contribution in [3.8, 4) is 0 Å². The maximum absolute atomic E-state index is 11.9. The molecule has 1 aromatic heterocycles. The lowest BCUT2D eigenvalue weighted by atomic mass is 10.2. The highest BCUT2D eigenvalue weighted by Gasteiger charge is 2.09. The van der Waals surface area contributed by atoms with Gasteiger partial charge in [0.05, 0.1) is 10.6 Å². The number of nitrogens with one attached hydrogen (secondary N) is 1. The molecule has 6 heteroatoms. The van der Waals surface area contributed by atoms with Gasteiger partial charge in [-0.15, -0.1) is 0 Å². The molecule has 4 nitrogen and oxygen atoms in total. The minimum Gasteiger partial charge on any atom is -0.382 e. The predicted octanol–water partition coefficient (Wildman–Crippen LogP) is 3.01. The Bertz CT molecular complexity index is 619. The monoisotopic (exact) mass is 339 g/mol. The molecular formula is C13H11BrClN3O. The van der Waals surface area contributed by atoms with Gasteiger partial charge in [0, 0.05) is 17.2 Å². The molecule has 98 valence electrons. The van der Waals surface area contributed by atoms with Crippen LogP contribution in [0.25, 0.3) is 0 Å². The third-order valence-corrected chi connectivity index (χ3v) is 3.61. The zero-order valence-electron chi connectivity index (χ0n) is 9.86. The third-order valence-electron chi connectivity index (χ3n) is 2.53. The Morgan fingerprint density at radius 2 is 2.16 bits per heavy atom. The highest BCUT2D eigenvalue weighted by Crippen LogP contribution is 2.18. The number of benzene rings is 1. The van der Waals surface area contributed by atoms with Crippen LogP contribution in [0.4, 0.5) is 5.82 Å². The van der Waals surface area contributed by atoms with Crippen molar-refractivity contribution in [2.45, 2.75) is 6.54 Å². The van der Waals surface area contributed by atoms with Gasteiger partial charge in [-0.1, -0.05) is 45.7 Å².